The number of carbonyl (C=O) groups is 1. The summed E-state index contributed by atoms with van der Waals surface area (Å²) in [5.41, 5.74) is 2.82. The van der Waals surface area contributed by atoms with Crippen LogP contribution in [0.1, 0.15) is 69.6 Å². The third kappa shape index (κ3) is 11.3. The first kappa shape index (κ1) is 32.8. The minimum Gasteiger partial charge on any atom is -0.352 e. The maximum Gasteiger partial charge on any atom is 0.238 e. The monoisotopic (exact) mass is 565 g/mol. The number of sulfone groups is 1. The number of rotatable bonds is 18. The zero-order valence-electron chi connectivity index (χ0n) is 23.7. The number of carbonyl (C=O) groups excluding carboxylic acids is 1. The highest BCUT2D eigenvalue weighted by Gasteiger charge is 2.31. The molecule has 1 unspecified atom stereocenters. The largest absolute Gasteiger partial charge is 0.352 e. The van der Waals surface area contributed by atoms with Gasteiger partial charge in [0, 0.05) is 18.7 Å². The number of aryl methyl sites for hydroxylation is 1. The fourth-order valence-electron chi connectivity index (χ4n) is 4.81. The molecule has 0 aliphatic rings. The molecule has 0 bridgehead atoms. The molecule has 0 heterocycles. The van der Waals surface area contributed by atoms with E-state index in [0.29, 0.717) is 37.9 Å². The molecule has 0 aliphatic carbocycles. The third-order valence-corrected chi connectivity index (χ3v) is 9.23. The van der Waals surface area contributed by atoms with Crippen LogP contribution in [-0.2, 0) is 34.0 Å². The lowest BCUT2D eigenvalue weighted by atomic mass is 10.0. The number of halogens is 2. The fraction of sp³-hybridized carbons (Fsp3) is 0.567. The van der Waals surface area contributed by atoms with E-state index in [0.717, 1.165) is 30.9 Å². The molecule has 0 saturated heterocycles. The Labute approximate surface area is 233 Å². The molecule has 0 aromatic heterocycles. The Hall–Kier alpha value is -2.36. The molecule has 2 aromatic carbocycles. The number of benzene rings is 2. The van der Waals surface area contributed by atoms with Crippen LogP contribution in [0.15, 0.2) is 42.5 Å². The molecule has 2 rings (SSSR count). The smallest absolute Gasteiger partial charge is 0.238 e. The summed E-state index contributed by atoms with van der Waals surface area (Å²) >= 11 is 0. The van der Waals surface area contributed by atoms with E-state index < -0.39 is 44.7 Å². The second kappa shape index (κ2) is 16.7. The predicted molar refractivity (Wildman–Crippen MR) is 154 cm³/mol. The average molecular weight is 566 g/mol. The fourth-order valence-corrected chi connectivity index (χ4v) is 7.06. The van der Waals surface area contributed by atoms with Crippen molar-refractivity contribution in [2.24, 2.45) is 0 Å². The molecule has 39 heavy (non-hydrogen) atoms. The van der Waals surface area contributed by atoms with Crippen molar-refractivity contribution < 1.29 is 22.0 Å². The maximum atomic E-state index is 13.9. The topological polar surface area (TPSA) is 87.3 Å². The van der Waals surface area contributed by atoms with Crippen molar-refractivity contribution in [1.29, 1.82) is 0 Å². The van der Waals surface area contributed by atoms with Crippen LogP contribution in [0.4, 0.5) is 8.78 Å². The van der Waals surface area contributed by atoms with Crippen molar-refractivity contribution in [1.82, 2.24) is 16.0 Å². The molecule has 0 aliphatic heterocycles. The Kier molecular flexibility index (Phi) is 14.0. The highest BCUT2D eigenvalue weighted by molar-refractivity contribution is 7.92. The molecule has 3 N–H and O–H groups in total. The van der Waals surface area contributed by atoms with E-state index >= 15 is 0 Å². The van der Waals surface area contributed by atoms with Crippen LogP contribution in [0.25, 0.3) is 0 Å². The van der Waals surface area contributed by atoms with Gasteiger partial charge < -0.3 is 16.0 Å². The van der Waals surface area contributed by atoms with Gasteiger partial charge in [0.2, 0.25) is 5.91 Å². The molecule has 0 spiro atoms. The highest BCUT2D eigenvalue weighted by Crippen LogP contribution is 2.17. The molecule has 2 atom stereocenters. The lowest BCUT2D eigenvalue weighted by molar-refractivity contribution is -0.123. The quantitative estimate of drug-likeness (QED) is 0.228. The summed E-state index contributed by atoms with van der Waals surface area (Å²) in [4.78, 5) is 13.2. The third-order valence-electron chi connectivity index (χ3n) is 6.94. The Morgan fingerprint density at radius 3 is 2.13 bits per heavy atom. The van der Waals surface area contributed by atoms with Crippen molar-refractivity contribution in [3.63, 3.8) is 0 Å². The molecule has 1 amide bonds. The second-order valence-electron chi connectivity index (χ2n) is 10.2. The molecule has 6 nitrogen and oxygen atoms in total. The number of nitrogens with one attached hydrogen (secondary N) is 3. The van der Waals surface area contributed by atoms with Crippen LogP contribution in [0, 0.1) is 11.6 Å². The average Bonchev–Trinajstić information content (AvgIpc) is 2.89. The molecule has 218 valence electrons. The lowest BCUT2D eigenvalue weighted by Crippen LogP contribution is -2.51. The summed E-state index contributed by atoms with van der Waals surface area (Å²) in [5.74, 6) is -2.10. The number of hydrogen-bond donors (Lipinski definition) is 3. The summed E-state index contributed by atoms with van der Waals surface area (Å²) in [6.07, 6.45) is 4.29. The normalized spacial score (nSPS) is 13.4. The van der Waals surface area contributed by atoms with Crippen molar-refractivity contribution in [3.05, 3.63) is 70.8 Å². The van der Waals surface area contributed by atoms with Crippen molar-refractivity contribution >= 4 is 15.7 Å². The molecular formula is C30H45F2N3O3S. The number of hydrogen-bond acceptors (Lipinski definition) is 5. The minimum absolute atomic E-state index is 0.213. The summed E-state index contributed by atoms with van der Waals surface area (Å²) in [7, 11) is -1.93. The Morgan fingerprint density at radius 2 is 1.54 bits per heavy atom. The Bertz CT molecular complexity index is 1120. The summed E-state index contributed by atoms with van der Waals surface area (Å²) < 4.78 is 53.9. The van der Waals surface area contributed by atoms with E-state index in [2.05, 4.69) is 35.0 Å². The highest BCUT2D eigenvalue weighted by atomic mass is 32.2. The molecule has 9 heteroatoms. The van der Waals surface area contributed by atoms with Crippen LogP contribution in [0.5, 0.6) is 0 Å². The van der Waals surface area contributed by atoms with Gasteiger partial charge in [0.15, 0.2) is 9.84 Å². The molecule has 2 aromatic rings. The van der Waals surface area contributed by atoms with E-state index in [9.17, 15) is 22.0 Å². The van der Waals surface area contributed by atoms with Crippen LogP contribution in [0.2, 0.25) is 0 Å². The van der Waals surface area contributed by atoms with Gasteiger partial charge in [0.05, 0.1) is 11.0 Å². The summed E-state index contributed by atoms with van der Waals surface area (Å²) in [6.45, 7) is 7.21. The zero-order valence-corrected chi connectivity index (χ0v) is 24.5. The van der Waals surface area contributed by atoms with Gasteiger partial charge in [-0.25, -0.2) is 17.2 Å². The first-order valence-corrected chi connectivity index (χ1v) is 15.8. The standard InChI is InChI=1S/C30H45F2N3O3S/c1-5-9-28(10-6-2)39(37,38)21-29(33-4)30(36)35-27(18-24-16-25(31)19-26(32)17-24)13-14-34-20-23-12-8-11-22(7-3)15-23/h8,11-12,15-17,19,27-29,33-34H,5-7,9-10,13-14,18,20-21H2,1-4H3,(H,35,36)/t27-,29?/m1/s1. The zero-order chi connectivity index (χ0) is 28.8. The Balaban J connectivity index is 2.11. The van der Waals surface area contributed by atoms with E-state index in [1.165, 1.54) is 17.7 Å². The van der Waals surface area contributed by atoms with E-state index in [-0.39, 0.29) is 12.2 Å². The molecule has 0 fully saturated rings. The van der Waals surface area contributed by atoms with Gasteiger partial charge in [0.25, 0.3) is 0 Å². The van der Waals surface area contributed by atoms with Gasteiger partial charge in [-0.15, -0.1) is 0 Å². The Morgan fingerprint density at radius 1 is 0.897 bits per heavy atom. The number of likely N-dealkylation sites (N-methyl/N-ethyl adjacent to an activating group) is 1. The van der Waals surface area contributed by atoms with E-state index in [1.54, 1.807) is 7.05 Å². The van der Waals surface area contributed by atoms with Gasteiger partial charge in [0.1, 0.15) is 17.7 Å². The lowest BCUT2D eigenvalue weighted by Gasteiger charge is -2.25. The minimum atomic E-state index is -3.50. The van der Waals surface area contributed by atoms with Crippen molar-refractivity contribution in [2.75, 3.05) is 19.3 Å². The number of amides is 1. The van der Waals surface area contributed by atoms with Crippen LogP contribution >= 0.6 is 0 Å². The van der Waals surface area contributed by atoms with Crippen LogP contribution < -0.4 is 16.0 Å². The van der Waals surface area contributed by atoms with Crippen LogP contribution in [-0.4, -0.2) is 51.0 Å². The van der Waals surface area contributed by atoms with Gasteiger partial charge in [-0.2, -0.15) is 0 Å². The van der Waals surface area contributed by atoms with Crippen molar-refractivity contribution in [3.8, 4) is 0 Å². The van der Waals surface area contributed by atoms with Gasteiger partial charge >= 0.3 is 0 Å². The van der Waals surface area contributed by atoms with Crippen LogP contribution in [0.3, 0.4) is 0 Å². The predicted octanol–water partition coefficient (Wildman–Crippen LogP) is 4.71. The summed E-state index contributed by atoms with van der Waals surface area (Å²) in [5, 5.41) is 8.71. The molecular weight excluding hydrogens is 520 g/mol. The SMILES string of the molecule is CCCC(CCC)S(=O)(=O)CC(NC)C(=O)N[C@H](CCNCc1cccc(CC)c1)Cc1cc(F)cc(F)c1. The maximum absolute atomic E-state index is 13.9. The van der Waals surface area contributed by atoms with E-state index in [1.807, 2.05) is 26.0 Å². The van der Waals surface area contributed by atoms with Gasteiger partial charge in [-0.1, -0.05) is 57.9 Å². The second-order valence-corrected chi connectivity index (χ2v) is 12.5. The van der Waals surface area contributed by atoms with Gasteiger partial charge in [-0.05, 0) is 74.5 Å². The first-order chi connectivity index (χ1) is 18.6. The van der Waals surface area contributed by atoms with Gasteiger partial charge in [-0.3, -0.25) is 4.79 Å². The van der Waals surface area contributed by atoms with E-state index in [4.69, 9.17) is 0 Å². The first-order valence-electron chi connectivity index (χ1n) is 14.0. The molecule has 0 radical (unpaired) electrons. The summed E-state index contributed by atoms with van der Waals surface area (Å²) in [6, 6.07) is 10.2. The van der Waals surface area contributed by atoms with Crippen molar-refractivity contribution in [2.45, 2.75) is 89.6 Å². The molecule has 0 saturated carbocycles.